The fourth-order valence-electron chi connectivity index (χ4n) is 3.47. The van der Waals surface area contributed by atoms with Gasteiger partial charge in [-0.05, 0) is 36.5 Å². The number of aliphatic hydroxyl groups excluding tert-OH is 1. The largest absolute Gasteiger partial charge is 0.436 e. The quantitative estimate of drug-likeness (QED) is 0.139. The summed E-state index contributed by atoms with van der Waals surface area (Å²) in [5.74, 6) is 2.28. The molecule has 0 aliphatic heterocycles. The van der Waals surface area contributed by atoms with E-state index in [1.165, 1.54) is 23.1 Å². The van der Waals surface area contributed by atoms with Gasteiger partial charge in [0.2, 0.25) is 5.91 Å². The van der Waals surface area contributed by atoms with Gasteiger partial charge in [-0.15, -0.1) is 12.8 Å². The van der Waals surface area contributed by atoms with Crippen LogP contribution in [0.4, 0.5) is 15.3 Å². The van der Waals surface area contributed by atoms with Gasteiger partial charge in [0.05, 0.1) is 19.7 Å². The van der Waals surface area contributed by atoms with Gasteiger partial charge in [-0.25, -0.2) is 9.59 Å². The molecule has 0 aliphatic rings. The minimum absolute atomic E-state index is 0.0671. The van der Waals surface area contributed by atoms with Crippen molar-refractivity contribution in [2.24, 2.45) is 17.4 Å². The number of carbonyl (C=O) groups is 5. The summed E-state index contributed by atoms with van der Waals surface area (Å²) < 4.78 is 4.89. The molecule has 0 unspecified atom stereocenters. The zero-order valence-corrected chi connectivity index (χ0v) is 21.9. The molecule has 0 saturated carbocycles. The second-order valence-electron chi connectivity index (χ2n) is 8.68. The molecule has 0 aromatic heterocycles. The van der Waals surface area contributed by atoms with Crippen LogP contribution in [0.15, 0.2) is 18.2 Å². The van der Waals surface area contributed by atoms with E-state index in [1.807, 2.05) is 0 Å². The van der Waals surface area contributed by atoms with Crippen LogP contribution in [0.3, 0.4) is 0 Å². The summed E-state index contributed by atoms with van der Waals surface area (Å²) in [6, 6.07) is 2.38. The maximum atomic E-state index is 13.2. The van der Waals surface area contributed by atoms with Crippen LogP contribution in [0, 0.1) is 30.6 Å². The van der Waals surface area contributed by atoms with E-state index < -0.39 is 54.5 Å². The van der Waals surface area contributed by atoms with Crippen molar-refractivity contribution >= 4 is 35.5 Å². The van der Waals surface area contributed by atoms with Crippen LogP contribution in [0.25, 0.3) is 0 Å². The Hall–Kier alpha value is -4.75. The summed E-state index contributed by atoms with van der Waals surface area (Å²) >= 11 is 0. The molecule has 0 heterocycles. The Balaban J connectivity index is 3.22. The molecule has 0 bridgehead atoms. The summed E-state index contributed by atoms with van der Waals surface area (Å²) in [5.41, 5.74) is 10.7. The van der Waals surface area contributed by atoms with Crippen LogP contribution < -0.4 is 27.4 Å². The number of anilines is 1. The second-order valence-corrected chi connectivity index (χ2v) is 8.68. The first-order valence-electron chi connectivity index (χ1n) is 12.0. The van der Waals surface area contributed by atoms with E-state index in [1.54, 1.807) is 13.8 Å². The Labute approximate surface area is 227 Å². The van der Waals surface area contributed by atoms with Crippen LogP contribution in [-0.2, 0) is 20.9 Å². The lowest BCUT2D eigenvalue weighted by Crippen LogP contribution is -2.50. The zero-order chi connectivity index (χ0) is 29.5. The number of aliphatic hydroxyl groups is 1. The molecule has 1 aromatic rings. The molecule has 8 N–H and O–H groups in total. The fourth-order valence-corrected chi connectivity index (χ4v) is 3.47. The normalized spacial score (nSPS) is 11.7. The first kappa shape index (κ1) is 32.3. The highest BCUT2D eigenvalue weighted by Gasteiger charge is 2.30. The van der Waals surface area contributed by atoms with Crippen LogP contribution in [0.2, 0.25) is 0 Å². The van der Waals surface area contributed by atoms with Crippen molar-refractivity contribution in [3.05, 3.63) is 29.3 Å². The molecular weight excluding hydrogens is 508 g/mol. The minimum atomic E-state index is -1.26. The predicted octanol–water partition coefficient (Wildman–Crippen LogP) is -0.121. The van der Waals surface area contributed by atoms with Crippen LogP contribution in [0.5, 0.6) is 0 Å². The lowest BCUT2D eigenvalue weighted by molar-refractivity contribution is -0.134. The molecule has 0 radical (unpaired) electrons. The zero-order valence-electron chi connectivity index (χ0n) is 21.9. The molecule has 210 valence electrons. The van der Waals surface area contributed by atoms with E-state index in [0.29, 0.717) is 0 Å². The van der Waals surface area contributed by atoms with Crippen molar-refractivity contribution in [2.75, 3.05) is 25.0 Å². The Morgan fingerprint density at radius 3 is 2.23 bits per heavy atom. The third kappa shape index (κ3) is 10.6. The van der Waals surface area contributed by atoms with Crippen molar-refractivity contribution in [3.8, 4) is 24.7 Å². The summed E-state index contributed by atoms with van der Waals surface area (Å²) in [6.07, 6.45) is 8.57. The first-order valence-corrected chi connectivity index (χ1v) is 12.0. The highest BCUT2D eigenvalue weighted by atomic mass is 16.6. The number of benzene rings is 1. The Kier molecular flexibility index (Phi) is 13.4. The highest BCUT2D eigenvalue weighted by Crippen LogP contribution is 2.19. The van der Waals surface area contributed by atoms with Gasteiger partial charge in [0.15, 0.2) is 6.10 Å². The van der Waals surface area contributed by atoms with Gasteiger partial charge >= 0.3 is 12.1 Å². The number of rotatable bonds is 14. The average Bonchev–Trinajstić information content (AvgIpc) is 2.87. The Morgan fingerprint density at radius 2 is 1.72 bits per heavy atom. The molecule has 0 fully saturated rings. The van der Waals surface area contributed by atoms with Gasteiger partial charge in [-0.3, -0.25) is 14.4 Å². The Bertz CT molecular complexity index is 1120. The van der Waals surface area contributed by atoms with E-state index in [2.05, 4.69) is 27.8 Å². The Morgan fingerprint density at radius 1 is 1.08 bits per heavy atom. The number of ether oxygens (including phenoxy) is 1. The second kappa shape index (κ2) is 16.2. The van der Waals surface area contributed by atoms with Crippen molar-refractivity contribution in [3.63, 3.8) is 0 Å². The van der Waals surface area contributed by atoms with E-state index in [0.717, 1.165) is 0 Å². The van der Waals surface area contributed by atoms with Gasteiger partial charge < -0.3 is 42.2 Å². The lowest BCUT2D eigenvalue weighted by Gasteiger charge is -2.24. The van der Waals surface area contributed by atoms with Crippen LogP contribution >= 0.6 is 0 Å². The number of urea groups is 1. The third-order valence-corrected chi connectivity index (χ3v) is 5.34. The van der Waals surface area contributed by atoms with Crippen molar-refractivity contribution in [1.82, 2.24) is 15.5 Å². The maximum absolute atomic E-state index is 13.2. The smallest absolute Gasteiger partial charge is 0.405 e. The monoisotopic (exact) mass is 542 g/mol. The number of hydrogen-bond donors (Lipinski definition) is 6. The number of nitrogens with two attached hydrogens (primary N) is 2. The molecule has 0 aliphatic carbocycles. The van der Waals surface area contributed by atoms with Gasteiger partial charge in [0.25, 0.3) is 11.8 Å². The minimum Gasteiger partial charge on any atom is -0.436 e. The van der Waals surface area contributed by atoms with E-state index >= 15 is 0 Å². The summed E-state index contributed by atoms with van der Waals surface area (Å²) in [4.78, 5) is 62.5. The van der Waals surface area contributed by atoms with E-state index in [-0.39, 0.29) is 49.3 Å². The van der Waals surface area contributed by atoms with Gasteiger partial charge in [0.1, 0.15) is 6.04 Å². The van der Waals surface area contributed by atoms with Crippen molar-refractivity contribution in [1.29, 1.82) is 0 Å². The van der Waals surface area contributed by atoms with Crippen LogP contribution in [-0.4, -0.2) is 71.6 Å². The molecule has 13 heteroatoms. The lowest BCUT2D eigenvalue weighted by atomic mass is 10.0. The molecule has 39 heavy (non-hydrogen) atoms. The number of nitrogens with one attached hydrogen (secondary N) is 3. The molecule has 2 atom stereocenters. The summed E-state index contributed by atoms with van der Waals surface area (Å²) in [7, 11) is 0. The molecule has 6 amide bonds. The van der Waals surface area contributed by atoms with Gasteiger partial charge in [-0.1, -0.05) is 31.8 Å². The third-order valence-electron chi connectivity index (χ3n) is 5.34. The SMILES string of the molecule is C#CCN(CC#C)C(=O)c1cc(NC(=O)[C@H](CCCNC(N)=O)NC(=O)[C@@H](OC(N)=O)C(C)C)ccc1CO. The molecular formula is C26H34N6O7. The predicted molar refractivity (Wildman–Crippen MR) is 143 cm³/mol. The number of amides is 6. The van der Waals surface area contributed by atoms with Crippen molar-refractivity contribution < 1.29 is 33.8 Å². The maximum Gasteiger partial charge on any atom is 0.405 e. The average molecular weight is 543 g/mol. The summed E-state index contributed by atoms with van der Waals surface area (Å²) in [5, 5.41) is 17.3. The van der Waals surface area contributed by atoms with E-state index in [9.17, 15) is 29.1 Å². The number of terminal acetylenes is 2. The molecule has 1 aromatic carbocycles. The summed E-state index contributed by atoms with van der Waals surface area (Å²) in [6.45, 7) is 2.79. The number of carbonyl (C=O) groups excluding carboxylic acids is 5. The first-order chi connectivity index (χ1) is 18.4. The highest BCUT2D eigenvalue weighted by molar-refractivity contribution is 6.01. The molecule has 0 spiro atoms. The van der Waals surface area contributed by atoms with Crippen LogP contribution in [0.1, 0.15) is 42.6 Å². The van der Waals surface area contributed by atoms with E-state index in [4.69, 9.17) is 29.1 Å². The number of hydrogen-bond acceptors (Lipinski definition) is 7. The molecule has 13 nitrogen and oxygen atoms in total. The molecule has 1 rings (SSSR count). The number of nitrogens with zero attached hydrogens (tertiary/aromatic N) is 1. The standard InChI is InChI=1S/C26H34N6O7/c1-5-12-32(13-6-2)24(36)19-14-18(10-9-17(19)15-33)30-22(34)20(8-7-11-29-25(27)37)31-23(35)21(16(3)4)39-26(28)38/h1-2,9-10,14,16,20-21,33H,7-8,11-13,15H2,3-4H3,(H2,28,38)(H,30,34)(H,31,35)(H3,27,29,37)/t20-,21-/m0/s1. The van der Waals surface area contributed by atoms with Gasteiger partial charge in [-0.2, -0.15) is 0 Å². The topological polar surface area (TPSA) is 206 Å². The number of primary amides is 2. The van der Waals surface area contributed by atoms with Gasteiger partial charge in [0, 0.05) is 17.8 Å². The van der Waals surface area contributed by atoms with Crippen molar-refractivity contribution in [2.45, 2.75) is 45.4 Å². The fraction of sp³-hybridized carbons (Fsp3) is 0.423. The molecule has 0 saturated heterocycles.